The summed E-state index contributed by atoms with van der Waals surface area (Å²) in [6.45, 7) is 8.32. The minimum atomic E-state index is 0.521. The van der Waals surface area contributed by atoms with E-state index in [2.05, 4.69) is 35.8 Å². The molecule has 0 unspecified atom stereocenters. The Morgan fingerprint density at radius 2 is 1.95 bits per heavy atom. The lowest BCUT2D eigenvalue weighted by molar-refractivity contribution is 0.294. The lowest BCUT2D eigenvalue weighted by atomic mass is 9.78. The molecule has 1 aliphatic rings. The fourth-order valence-electron chi connectivity index (χ4n) is 3.71. The third-order valence-corrected chi connectivity index (χ3v) is 5.16. The van der Waals surface area contributed by atoms with Gasteiger partial charge in [0.15, 0.2) is 0 Å². The van der Waals surface area contributed by atoms with Gasteiger partial charge in [0, 0.05) is 19.0 Å². The minimum absolute atomic E-state index is 0.521. The number of rotatable bonds is 8. The zero-order chi connectivity index (χ0) is 15.9. The van der Waals surface area contributed by atoms with Crippen LogP contribution in [0.25, 0.3) is 0 Å². The van der Waals surface area contributed by atoms with Gasteiger partial charge in [-0.1, -0.05) is 45.2 Å². The number of nitrogens with zero attached hydrogens (tertiary/aromatic N) is 3. The van der Waals surface area contributed by atoms with Crippen molar-refractivity contribution >= 4 is 0 Å². The summed E-state index contributed by atoms with van der Waals surface area (Å²) in [4.78, 5) is 0. The Bertz CT molecular complexity index is 430. The number of nitrogens with two attached hydrogens (primary N) is 1. The average Bonchev–Trinajstić information content (AvgIpc) is 2.94. The van der Waals surface area contributed by atoms with Crippen LogP contribution in [0.2, 0.25) is 0 Å². The zero-order valence-electron chi connectivity index (χ0n) is 14.7. The Balaban J connectivity index is 2.00. The molecule has 0 spiro atoms. The lowest BCUT2D eigenvalue weighted by Gasteiger charge is -2.29. The van der Waals surface area contributed by atoms with Crippen LogP contribution >= 0.6 is 0 Å². The van der Waals surface area contributed by atoms with Crippen molar-refractivity contribution in [3.05, 3.63) is 11.4 Å². The molecule has 0 aromatic carbocycles. The number of aromatic nitrogens is 3. The molecule has 1 heterocycles. The highest BCUT2D eigenvalue weighted by Crippen LogP contribution is 2.38. The van der Waals surface area contributed by atoms with Crippen LogP contribution in [-0.4, -0.2) is 15.0 Å². The lowest BCUT2D eigenvalue weighted by Crippen LogP contribution is -2.19. The first kappa shape index (κ1) is 17.5. The first-order valence-electron chi connectivity index (χ1n) is 9.28. The summed E-state index contributed by atoms with van der Waals surface area (Å²) in [5, 5.41) is 8.73. The maximum atomic E-state index is 5.90. The van der Waals surface area contributed by atoms with Gasteiger partial charge in [0.1, 0.15) is 0 Å². The first-order chi connectivity index (χ1) is 10.7. The average molecular weight is 306 g/mol. The molecule has 0 saturated heterocycles. The number of aryl methyl sites for hydroxylation is 1. The molecule has 22 heavy (non-hydrogen) atoms. The molecule has 126 valence electrons. The Morgan fingerprint density at radius 1 is 1.23 bits per heavy atom. The Morgan fingerprint density at radius 3 is 2.55 bits per heavy atom. The van der Waals surface area contributed by atoms with Crippen LogP contribution in [0.1, 0.15) is 89.4 Å². The van der Waals surface area contributed by atoms with E-state index in [0.717, 1.165) is 24.6 Å². The minimum Gasteiger partial charge on any atom is -0.325 e. The summed E-state index contributed by atoms with van der Waals surface area (Å²) >= 11 is 0. The maximum absolute atomic E-state index is 5.90. The van der Waals surface area contributed by atoms with Gasteiger partial charge in [-0.2, -0.15) is 0 Å². The monoisotopic (exact) mass is 306 g/mol. The molecule has 0 bridgehead atoms. The van der Waals surface area contributed by atoms with Gasteiger partial charge >= 0.3 is 0 Å². The SMILES string of the molecule is CCCCC1CCC(c2c(CN)nnn2CCC(C)C)CC1. The van der Waals surface area contributed by atoms with Crippen molar-refractivity contribution in [1.82, 2.24) is 15.0 Å². The first-order valence-corrected chi connectivity index (χ1v) is 9.28. The Kier molecular flexibility index (Phi) is 6.87. The molecule has 1 aromatic rings. The second-order valence-electron chi connectivity index (χ2n) is 7.39. The molecule has 2 N–H and O–H groups in total. The predicted molar refractivity (Wildman–Crippen MR) is 91.6 cm³/mol. The van der Waals surface area contributed by atoms with Crippen molar-refractivity contribution in [2.45, 2.75) is 91.1 Å². The molecule has 1 aromatic heterocycles. The molecule has 0 aliphatic heterocycles. The molecular weight excluding hydrogens is 272 g/mol. The summed E-state index contributed by atoms with van der Waals surface area (Å²) < 4.78 is 2.15. The smallest absolute Gasteiger partial charge is 0.0997 e. The summed E-state index contributed by atoms with van der Waals surface area (Å²) in [5.74, 6) is 2.26. The topological polar surface area (TPSA) is 56.7 Å². The van der Waals surface area contributed by atoms with Crippen molar-refractivity contribution in [3.63, 3.8) is 0 Å². The van der Waals surface area contributed by atoms with Gasteiger partial charge in [-0.05, 0) is 43.9 Å². The summed E-state index contributed by atoms with van der Waals surface area (Å²) in [7, 11) is 0. The van der Waals surface area contributed by atoms with Gasteiger partial charge in [-0.3, -0.25) is 0 Å². The molecule has 2 rings (SSSR count). The fraction of sp³-hybridized carbons (Fsp3) is 0.889. The van der Waals surface area contributed by atoms with E-state index < -0.39 is 0 Å². The second-order valence-corrected chi connectivity index (χ2v) is 7.39. The molecule has 1 fully saturated rings. The van der Waals surface area contributed by atoms with E-state index in [4.69, 9.17) is 5.73 Å². The van der Waals surface area contributed by atoms with Crippen LogP contribution in [0.15, 0.2) is 0 Å². The van der Waals surface area contributed by atoms with E-state index in [1.54, 1.807) is 0 Å². The quantitative estimate of drug-likeness (QED) is 0.781. The Hall–Kier alpha value is -0.900. The summed E-state index contributed by atoms with van der Waals surface area (Å²) in [6, 6.07) is 0. The highest BCUT2D eigenvalue weighted by molar-refractivity contribution is 5.16. The van der Waals surface area contributed by atoms with Crippen LogP contribution in [-0.2, 0) is 13.1 Å². The van der Waals surface area contributed by atoms with Crippen molar-refractivity contribution in [1.29, 1.82) is 0 Å². The van der Waals surface area contributed by atoms with Crippen molar-refractivity contribution < 1.29 is 0 Å². The molecule has 1 aliphatic carbocycles. The fourth-order valence-corrected chi connectivity index (χ4v) is 3.71. The van der Waals surface area contributed by atoms with E-state index in [0.29, 0.717) is 18.4 Å². The van der Waals surface area contributed by atoms with Gasteiger partial charge in [0.2, 0.25) is 0 Å². The standard InChI is InChI=1S/C18H34N4/c1-4-5-6-15-7-9-16(10-8-15)18-17(13-19)20-21-22(18)12-11-14(2)3/h14-16H,4-13,19H2,1-3H3. The van der Waals surface area contributed by atoms with Crippen LogP contribution in [0, 0.1) is 11.8 Å². The molecular formula is C18H34N4. The van der Waals surface area contributed by atoms with E-state index >= 15 is 0 Å². The molecule has 1 saturated carbocycles. The molecule has 0 atom stereocenters. The molecule has 0 radical (unpaired) electrons. The molecule has 0 amide bonds. The third kappa shape index (κ3) is 4.55. The van der Waals surface area contributed by atoms with Gasteiger partial charge < -0.3 is 5.73 Å². The highest BCUT2D eigenvalue weighted by atomic mass is 15.4. The van der Waals surface area contributed by atoms with Gasteiger partial charge in [0.25, 0.3) is 0 Å². The van der Waals surface area contributed by atoms with E-state index in [1.165, 1.54) is 50.6 Å². The number of unbranched alkanes of at least 4 members (excludes halogenated alkanes) is 1. The maximum Gasteiger partial charge on any atom is 0.0997 e. The van der Waals surface area contributed by atoms with E-state index in [-0.39, 0.29) is 0 Å². The zero-order valence-corrected chi connectivity index (χ0v) is 14.7. The van der Waals surface area contributed by atoms with E-state index in [9.17, 15) is 0 Å². The second kappa shape index (κ2) is 8.66. The van der Waals surface area contributed by atoms with Crippen molar-refractivity contribution in [2.24, 2.45) is 17.6 Å². The van der Waals surface area contributed by atoms with Crippen LogP contribution in [0.4, 0.5) is 0 Å². The third-order valence-electron chi connectivity index (χ3n) is 5.16. The number of hydrogen-bond acceptors (Lipinski definition) is 3. The van der Waals surface area contributed by atoms with Gasteiger partial charge in [0.05, 0.1) is 11.4 Å². The van der Waals surface area contributed by atoms with Crippen molar-refractivity contribution in [2.75, 3.05) is 0 Å². The Labute approximate surface area is 135 Å². The molecule has 4 nitrogen and oxygen atoms in total. The molecule has 4 heteroatoms. The summed E-state index contributed by atoms with van der Waals surface area (Å²) in [5.41, 5.74) is 8.28. The predicted octanol–water partition coefficient (Wildman–Crippen LogP) is 4.25. The van der Waals surface area contributed by atoms with Crippen LogP contribution in [0.3, 0.4) is 0 Å². The van der Waals surface area contributed by atoms with Crippen molar-refractivity contribution in [3.8, 4) is 0 Å². The van der Waals surface area contributed by atoms with Crippen LogP contribution in [0.5, 0.6) is 0 Å². The number of hydrogen-bond donors (Lipinski definition) is 1. The summed E-state index contributed by atoms with van der Waals surface area (Å²) in [6.07, 6.45) is 10.6. The van der Waals surface area contributed by atoms with Gasteiger partial charge in [-0.15, -0.1) is 5.10 Å². The van der Waals surface area contributed by atoms with E-state index in [1.807, 2.05) is 0 Å². The normalized spacial score (nSPS) is 22.4. The largest absolute Gasteiger partial charge is 0.325 e. The van der Waals surface area contributed by atoms with Gasteiger partial charge in [-0.25, -0.2) is 4.68 Å². The highest BCUT2D eigenvalue weighted by Gasteiger charge is 2.27. The van der Waals surface area contributed by atoms with Crippen LogP contribution < -0.4 is 5.73 Å².